The van der Waals surface area contributed by atoms with E-state index in [0.29, 0.717) is 42.5 Å². The van der Waals surface area contributed by atoms with E-state index in [4.69, 9.17) is 4.74 Å². The van der Waals surface area contributed by atoms with E-state index >= 15 is 0 Å². The molecule has 0 unspecified atom stereocenters. The van der Waals surface area contributed by atoms with E-state index in [9.17, 15) is 13.2 Å². The molecule has 1 saturated heterocycles. The van der Waals surface area contributed by atoms with E-state index in [-0.39, 0.29) is 23.2 Å². The number of hydrogen-bond donors (Lipinski definition) is 0. The van der Waals surface area contributed by atoms with Crippen molar-refractivity contribution in [3.05, 3.63) is 54.1 Å². The summed E-state index contributed by atoms with van der Waals surface area (Å²) in [5.74, 6) is -0.119. The van der Waals surface area contributed by atoms with Gasteiger partial charge in [0.2, 0.25) is 0 Å². The van der Waals surface area contributed by atoms with Gasteiger partial charge in [-0.3, -0.25) is 14.6 Å². The van der Waals surface area contributed by atoms with Gasteiger partial charge in [0.15, 0.2) is 15.0 Å². The van der Waals surface area contributed by atoms with Crippen molar-refractivity contribution in [2.75, 3.05) is 50.5 Å². The van der Waals surface area contributed by atoms with Gasteiger partial charge in [-0.15, -0.1) is 12.4 Å². The molecule has 166 valence electrons. The topological polar surface area (TPSA) is 79.8 Å². The predicted octanol–water partition coefficient (Wildman–Crippen LogP) is 3.10. The number of sulfone groups is 1. The molecule has 2 aromatic carbocycles. The number of benzene rings is 2. The third kappa shape index (κ3) is 5.61. The zero-order valence-electron chi connectivity index (χ0n) is 17.1. The van der Waals surface area contributed by atoms with Crippen LogP contribution in [0.3, 0.4) is 0 Å². The number of carbonyl (C=O) groups excluding carboxylic acids is 1. The van der Waals surface area contributed by atoms with Crippen LogP contribution in [0.5, 0.6) is 0 Å². The zero-order chi connectivity index (χ0) is 21.1. The lowest BCUT2D eigenvalue weighted by Crippen LogP contribution is -2.43. The maximum atomic E-state index is 13.3. The molecule has 31 heavy (non-hydrogen) atoms. The van der Waals surface area contributed by atoms with Gasteiger partial charge in [0, 0.05) is 38.0 Å². The normalized spacial score (nSPS) is 14.9. The molecule has 1 aliphatic rings. The summed E-state index contributed by atoms with van der Waals surface area (Å²) >= 11 is 1.33. The molecule has 0 bridgehead atoms. The molecule has 3 aromatic rings. The standard InChI is InChI=1S/C21H23N3O4S2.ClH/c1-30(26,27)17-7-8-18-19(15-17)29-21(22-18)24(10-9-23-11-13-28-14-12-23)20(25)16-5-3-2-4-6-16;/h2-8,15H,9-14H2,1H3;1H. The summed E-state index contributed by atoms with van der Waals surface area (Å²) in [6, 6.07) is 14.0. The van der Waals surface area contributed by atoms with E-state index in [1.54, 1.807) is 35.2 Å². The summed E-state index contributed by atoms with van der Waals surface area (Å²) in [5.41, 5.74) is 1.27. The van der Waals surface area contributed by atoms with E-state index in [1.807, 2.05) is 18.2 Å². The second-order valence-electron chi connectivity index (χ2n) is 7.17. The molecule has 0 radical (unpaired) electrons. The van der Waals surface area contributed by atoms with Gasteiger partial charge in [-0.2, -0.15) is 0 Å². The minimum atomic E-state index is -3.31. The Bertz CT molecular complexity index is 1150. The molecule has 1 amide bonds. The Labute approximate surface area is 192 Å². The van der Waals surface area contributed by atoms with Crippen LogP contribution in [0.2, 0.25) is 0 Å². The van der Waals surface area contributed by atoms with Crippen molar-refractivity contribution in [2.45, 2.75) is 4.90 Å². The quantitative estimate of drug-likeness (QED) is 0.538. The summed E-state index contributed by atoms with van der Waals surface area (Å²) in [4.78, 5) is 22.1. The molecule has 0 saturated carbocycles. The maximum Gasteiger partial charge on any atom is 0.260 e. The highest BCUT2D eigenvalue weighted by molar-refractivity contribution is 7.90. The molecule has 10 heteroatoms. The van der Waals surface area contributed by atoms with Crippen LogP contribution in [0.25, 0.3) is 10.2 Å². The average Bonchev–Trinajstić information content (AvgIpc) is 3.17. The maximum absolute atomic E-state index is 13.3. The fourth-order valence-electron chi connectivity index (χ4n) is 3.33. The van der Waals surface area contributed by atoms with Crippen LogP contribution in [0.4, 0.5) is 5.13 Å². The van der Waals surface area contributed by atoms with Gasteiger partial charge in [0.25, 0.3) is 5.91 Å². The molecule has 0 atom stereocenters. The lowest BCUT2D eigenvalue weighted by atomic mass is 10.2. The van der Waals surface area contributed by atoms with Crippen molar-refractivity contribution in [3.8, 4) is 0 Å². The molecule has 0 spiro atoms. The number of ether oxygens (including phenoxy) is 1. The Morgan fingerprint density at radius 1 is 1.16 bits per heavy atom. The number of anilines is 1. The van der Waals surface area contributed by atoms with Crippen LogP contribution >= 0.6 is 23.7 Å². The number of amides is 1. The number of rotatable bonds is 6. The third-order valence-electron chi connectivity index (χ3n) is 5.02. The highest BCUT2D eigenvalue weighted by Crippen LogP contribution is 2.31. The van der Waals surface area contributed by atoms with E-state index in [1.165, 1.54) is 17.6 Å². The minimum Gasteiger partial charge on any atom is -0.379 e. The summed E-state index contributed by atoms with van der Waals surface area (Å²) < 4.78 is 29.9. The van der Waals surface area contributed by atoms with Crippen molar-refractivity contribution >= 4 is 54.8 Å². The second-order valence-corrected chi connectivity index (χ2v) is 10.2. The van der Waals surface area contributed by atoms with Crippen LogP contribution < -0.4 is 4.90 Å². The number of hydrogen-bond acceptors (Lipinski definition) is 7. The fraction of sp³-hybridized carbons (Fsp3) is 0.333. The number of morpholine rings is 1. The van der Waals surface area contributed by atoms with Crippen molar-refractivity contribution in [1.29, 1.82) is 0 Å². The first-order valence-corrected chi connectivity index (χ1v) is 12.4. The number of halogens is 1. The first-order valence-electron chi connectivity index (χ1n) is 9.69. The Kier molecular flexibility index (Phi) is 7.66. The molecule has 7 nitrogen and oxygen atoms in total. The Morgan fingerprint density at radius 3 is 2.55 bits per heavy atom. The lowest BCUT2D eigenvalue weighted by Gasteiger charge is -2.29. The van der Waals surface area contributed by atoms with Gasteiger partial charge >= 0.3 is 0 Å². The molecule has 0 N–H and O–H groups in total. The van der Waals surface area contributed by atoms with E-state index in [0.717, 1.165) is 17.8 Å². The van der Waals surface area contributed by atoms with Gasteiger partial charge in [0.1, 0.15) is 0 Å². The van der Waals surface area contributed by atoms with Crippen molar-refractivity contribution in [3.63, 3.8) is 0 Å². The van der Waals surface area contributed by atoms with Gasteiger partial charge in [0.05, 0.1) is 28.3 Å². The highest BCUT2D eigenvalue weighted by atomic mass is 35.5. The number of nitrogens with zero attached hydrogens (tertiary/aromatic N) is 3. The van der Waals surface area contributed by atoms with Gasteiger partial charge in [-0.05, 0) is 30.3 Å². The van der Waals surface area contributed by atoms with Gasteiger partial charge in [-0.25, -0.2) is 13.4 Å². The number of fused-ring (bicyclic) bond motifs is 1. The summed E-state index contributed by atoms with van der Waals surface area (Å²) in [7, 11) is -3.31. The van der Waals surface area contributed by atoms with E-state index < -0.39 is 9.84 Å². The third-order valence-corrected chi connectivity index (χ3v) is 7.17. The zero-order valence-corrected chi connectivity index (χ0v) is 19.5. The fourth-order valence-corrected chi connectivity index (χ4v) is 5.08. The predicted molar refractivity (Wildman–Crippen MR) is 125 cm³/mol. The number of carbonyl (C=O) groups is 1. The Balaban J connectivity index is 0.00000272. The molecular weight excluding hydrogens is 458 g/mol. The SMILES string of the molecule is CS(=O)(=O)c1ccc2nc(N(CCN3CCOCC3)C(=O)c3ccccc3)sc2c1.Cl. The van der Waals surface area contributed by atoms with Crippen LogP contribution in [0, 0.1) is 0 Å². The Morgan fingerprint density at radius 2 is 1.87 bits per heavy atom. The average molecular weight is 482 g/mol. The number of thiazole rings is 1. The van der Waals surface area contributed by atoms with Gasteiger partial charge < -0.3 is 4.74 Å². The van der Waals surface area contributed by atoms with E-state index in [2.05, 4.69) is 9.88 Å². The second kappa shape index (κ2) is 10.1. The highest BCUT2D eigenvalue weighted by Gasteiger charge is 2.23. The number of aromatic nitrogens is 1. The Hall–Kier alpha value is -2.04. The summed E-state index contributed by atoms with van der Waals surface area (Å²) in [6.07, 6.45) is 1.18. The lowest BCUT2D eigenvalue weighted by molar-refractivity contribution is 0.0391. The van der Waals surface area contributed by atoms with Crippen molar-refractivity contribution in [2.24, 2.45) is 0 Å². The molecule has 2 heterocycles. The molecule has 1 aliphatic heterocycles. The summed E-state index contributed by atoms with van der Waals surface area (Å²) in [6.45, 7) is 4.28. The first-order chi connectivity index (χ1) is 14.4. The molecule has 0 aliphatic carbocycles. The van der Waals surface area contributed by atoms with Gasteiger partial charge in [-0.1, -0.05) is 29.5 Å². The molecule has 1 aromatic heterocycles. The van der Waals surface area contributed by atoms with Crippen molar-refractivity contribution in [1.82, 2.24) is 9.88 Å². The monoisotopic (exact) mass is 481 g/mol. The molecule has 4 rings (SSSR count). The van der Waals surface area contributed by atoms with Crippen LogP contribution in [-0.2, 0) is 14.6 Å². The first kappa shape index (κ1) is 23.6. The summed E-state index contributed by atoms with van der Waals surface area (Å²) in [5, 5.41) is 0.567. The van der Waals surface area contributed by atoms with Crippen molar-refractivity contribution < 1.29 is 17.9 Å². The largest absolute Gasteiger partial charge is 0.379 e. The van der Waals surface area contributed by atoms with Crippen LogP contribution in [0.15, 0.2) is 53.4 Å². The smallest absolute Gasteiger partial charge is 0.260 e. The minimum absolute atomic E-state index is 0. The molecular formula is C21H24ClN3O4S2. The van der Waals surface area contributed by atoms with Crippen LogP contribution in [0.1, 0.15) is 10.4 Å². The molecule has 1 fully saturated rings. The van der Waals surface area contributed by atoms with Crippen LogP contribution in [-0.4, -0.2) is 69.9 Å².